The maximum absolute atomic E-state index is 4.05. The third kappa shape index (κ3) is 20.7. The van der Waals surface area contributed by atoms with Crippen LogP contribution in [0.2, 0.25) is 0 Å². The summed E-state index contributed by atoms with van der Waals surface area (Å²) in [7, 11) is 0. The average molecular weight is 575 g/mol. The van der Waals surface area contributed by atoms with E-state index in [9.17, 15) is 0 Å². The number of hydrogen-bond acceptors (Lipinski definition) is 1. The largest absolute Gasteiger partial charge is 0.361 e. The fraction of sp³-hybridized carbons (Fsp3) is 0.475. The smallest absolute Gasteiger partial charge is 0.0456 e. The Bertz CT molecular complexity index is 1100. The van der Waals surface area contributed by atoms with Gasteiger partial charge in [-0.1, -0.05) is 123 Å². The lowest BCUT2D eigenvalue weighted by Gasteiger charge is -2.03. The molecule has 42 heavy (non-hydrogen) atoms. The molecule has 236 valence electrons. The third-order valence-corrected chi connectivity index (χ3v) is 6.12. The van der Waals surface area contributed by atoms with E-state index in [-0.39, 0.29) is 0 Å². The van der Waals surface area contributed by atoms with Crippen LogP contribution in [0.5, 0.6) is 0 Å². The van der Waals surface area contributed by atoms with Gasteiger partial charge in [0.1, 0.15) is 0 Å². The molecular formula is C40H66N2. The Labute approximate surface area is 262 Å². The zero-order valence-electron chi connectivity index (χ0n) is 29.7. The van der Waals surface area contributed by atoms with E-state index in [1.165, 1.54) is 64.4 Å². The minimum Gasteiger partial charge on any atom is -0.361 e. The van der Waals surface area contributed by atoms with Crippen molar-refractivity contribution in [3.05, 3.63) is 108 Å². The topological polar surface area (TPSA) is 28.1 Å². The van der Waals surface area contributed by atoms with Gasteiger partial charge in [0, 0.05) is 29.0 Å². The normalized spacial score (nSPS) is 12.8. The fourth-order valence-corrected chi connectivity index (χ4v) is 3.69. The van der Waals surface area contributed by atoms with Crippen LogP contribution in [0, 0.1) is 5.92 Å². The van der Waals surface area contributed by atoms with Gasteiger partial charge in [0.2, 0.25) is 0 Å². The highest BCUT2D eigenvalue weighted by atomic mass is 14.7. The molecule has 0 amide bonds. The standard InChI is InChI=1S/C14H19N.C10H17N.C10H14.2C2H6.C2H4/c1-3-5-11-7-8-14-13(9-11)12(6-4-2)10-15-14;1-8(2)10(5)6-7-11-9(3)4;1-3-4-10-7-5-9(2)6-8-10;3*1-2/h7-10,15H,3-6H2,1-2H3;6-8H,3H2,1-2,4-5H3;4-7H,3,8H2,1-2H3;2*1-2H3;1-2H2/b;10-6+,11-7?;10-4-;;;. The van der Waals surface area contributed by atoms with E-state index in [1.54, 1.807) is 6.21 Å². The van der Waals surface area contributed by atoms with Gasteiger partial charge in [-0.15, -0.1) is 13.2 Å². The number of allylic oxidation sites excluding steroid dienone is 9. The number of nitrogens with one attached hydrogen (secondary N) is 1. The lowest BCUT2D eigenvalue weighted by atomic mass is 10.0. The summed E-state index contributed by atoms with van der Waals surface area (Å²) in [6, 6.07) is 6.79. The van der Waals surface area contributed by atoms with Crippen LogP contribution in [0.4, 0.5) is 0 Å². The number of aromatic amines is 1. The first-order valence-electron chi connectivity index (χ1n) is 16.2. The van der Waals surface area contributed by atoms with E-state index < -0.39 is 0 Å². The van der Waals surface area contributed by atoms with Crippen LogP contribution in [-0.2, 0) is 12.8 Å². The molecule has 2 heteroatoms. The number of aromatic nitrogens is 1. The molecule has 1 N–H and O–H groups in total. The molecule has 1 heterocycles. The van der Waals surface area contributed by atoms with E-state index in [1.807, 2.05) is 40.7 Å². The minimum absolute atomic E-state index is 0.603. The van der Waals surface area contributed by atoms with Crippen molar-refractivity contribution in [2.24, 2.45) is 10.9 Å². The summed E-state index contributed by atoms with van der Waals surface area (Å²) < 4.78 is 0. The summed E-state index contributed by atoms with van der Waals surface area (Å²) in [5.41, 5.74) is 9.22. The molecule has 1 aromatic carbocycles. The van der Waals surface area contributed by atoms with Crippen molar-refractivity contribution >= 4 is 17.1 Å². The first kappa shape index (κ1) is 43.3. The molecule has 2 nitrogen and oxygen atoms in total. The Morgan fingerprint density at radius 3 is 2.07 bits per heavy atom. The van der Waals surface area contributed by atoms with Gasteiger partial charge in [0.25, 0.3) is 0 Å². The minimum atomic E-state index is 0.603. The zero-order chi connectivity index (χ0) is 32.9. The molecule has 1 aromatic heterocycles. The Balaban J connectivity index is -0.000000508. The number of aliphatic imine (C=N–C) groups is 1. The van der Waals surface area contributed by atoms with E-state index in [4.69, 9.17) is 0 Å². The maximum atomic E-state index is 4.05. The number of nitrogens with zero attached hydrogens (tertiary/aromatic N) is 1. The Morgan fingerprint density at radius 2 is 1.60 bits per heavy atom. The molecule has 0 aliphatic heterocycles. The second-order valence-electron chi connectivity index (χ2n) is 9.95. The molecule has 0 atom stereocenters. The zero-order valence-corrected chi connectivity index (χ0v) is 29.7. The number of aryl methyl sites for hydroxylation is 2. The lowest BCUT2D eigenvalue weighted by Crippen LogP contribution is -1.88. The molecule has 0 spiro atoms. The Kier molecular flexibility index (Phi) is 30.3. The second kappa shape index (κ2) is 29.4. The molecule has 0 fully saturated rings. The van der Waals surface area contributed by atoms with Crippen molar-refractivity contribution in [1.82, 2.24) is 4.98 Å². The van der Waals surface area contributed by atoms with Crippen LogP contribution in [-0.4, -0.2) is 11.2 Å². The van der Waals surface area contributed by atoms with Crippen molar-refractivity contribution in [2.75, 3.05) is 0 Å². The van der Waals surface area contributed by atoms with Crippen molar-refractivity contribution < 1.29 is 0 Å². The Hall–Kier alpha value is -3.13. The van der Waals surface area contributed by atoms with Gasteiger partial charge in [0.15, 0.2) is 0 Å². The van der Waals surface area contributed by atoms with Gasteiger partial charge in [-0.25, -0.2) is 0 Å². The molecule has 0 saturated heterocycles. The SMILES string of the molecule is C=C.C=C(C)N=C/C=C(\C)C(C)C.CC.CC.CC/C=C1/C=CC(C)=CC1.CCCc1ccc2[nH]cc(CCC)c2c1. The van der Waals surface area contributed by atoms with Crippen molar-refractivity contribution in [1.29, 1.82) is 0 Å². The number of rotatable bonds is 8. The number of benzene rings is 1. The van der Waals surface area contributed by atoms with Crippen LogP contribution in [0.3, 0.4) is 0 Å². The first-order chi connectivity index (χ1) is 20.2. The quantitative estimate of drug-likeness (QED) is 0.240. The van der Waals surface area contributed by atoms with Gasteiger partial charge in [-0.2, -0.15) is 0 Å². The summed E-state index contributed by atoms with van der Waals surface area (Å²) in [4.78, 5) is 7.39. The van der Waals surface area contributed by atoms with Gasteiger partial charge in [-0.3, -0.25) is 4.99 Å². The molecule has 3 rings (SSSR count). The highest BCUT2D eigenvalue weighted by molar-refractivity contribution is 5.83. The predicted molar refractivity (Wildman–Crippen MR) is 198 cm³/mol. The third-order valence-electron chi connectivity index (χ3n) is 6.12. The molecule has 1 aliphatic rings. The van der Waals surface area contributed by atoms with E-state index in [2.05, 4.69) is 127 Å². The molecule has 0 bridgehead atoms. The lowest BCUT2D eigenvalue weighted by molar-refractivity contribution is 0.771. The Morgan fingerprint density at radius 1 is 0.976 bits per heavy atom. The van der Waals surface area contributed by atoms with Gasteiger partial charge >= 0.3 is 0 Å². The van der Waals surface area contributed by atoms with Crippen molar-refractivity contribution in [3.8, 4) is 0 Å². The van der Waals surface area contributed by atoms with E-state index in [0.717, 1.165) is 18.5 Å². The summed E-state index contributed by atoms with van der Waals surface area (Å²) in [6.45, 7) is 34.8. The molecule has 1 aliphatic carbocycles. The van der Waals surface area contributed by atoms with Crippen molar-refractivity contribution in [3.63, 3.8) is 0 Å². The summed E-state index contributed by atoms with van der Waals surface area (Å²) in [6.07, 6.45) is 22.0. The van der Waals surface area contributed by atoms with E-state index >= 15 is 0 Å². The average Bonchev–Trinajstić information content (AvgIpc) is 3.40. The van der Waals surface area contributed by atoms with Crippen LogP contribution in [0.25, 0.3) is 10.9 Å². The fourth-order valence-electron chi connectivity index (χ4n) is 3.69. The van der Waals surface area contributed by atoms with Crippen LogP contribution in [0.1, 0.15) is 120 Å². The van der Waals surface area contributed by atoms with Crippen LogP contribution < -0.4 is 0 Å². The number of H-pyrrole nitrogens is 1. The monoisotopic (exact) mass is 575 g/mol. The molecule has 0 unspecified atom stereocenters. The van der Waals surface area contributed by atoms with Crippen LogP contribution >= 0.6 is 0 Å². The molecular weight excluding hydrogens is 508 g/mol. The summed E-state index contributed by atoms with van der Waals surface area (Å²) >= 11 is 0. The van der Waals surface area contributed by atoms with Gasteiger partial charge in [0.05, 0.1) is 0 Å². The van der Waals surface area contributed by atoms with Crippen molar-refractivity contribution in [2.45, 2.75) is 122 Å². The predicted octanol–water partition coefficient (Wildman–Crippen LogP) is 13.3. The molecule has 0 saturated carbocycles. The number of hydrogen-bond donors (Lipinski definition) is 1. The summed E-state index contributed by atoms with van der Waals surface area (Å²) in [5, 5.41) is 1.42. The van der Waals surface area contributed by atoms with Gasteiger partial charge < -0.3 is 4.98 Å². The highest BCUT2D eigenvalue weighted by Gasteiger charge is 2.03. The van der Waals surface area contributed by atoms with Gasteiger partial charge in [-0.05, 0) is 87.3 Å². The summed E-state index contributed by atoms with van der Waals surface area (Å²) in [5.74, 6) is 0.603. The van der Waals surface area contributed by atoms with E-state index in [0.29, 0.717) is 5.92 Å². The first-order valence-corrected chi connectivity index (χ1v) is 16.2. The number of fused-ring (bicyclic) bond motifs is 1. The van der Waals surface area contributed by atoms with Crippen LogP contribution in [0.15, 0.2) is 102 Å². The highest BCUT2D eigenvalue weighted by Crippen LogP contribution is 2.21. The maximum Gasteiger partial charge on any atom is 0.0456 e. The molecule has 2 aromatic rings. The second-order valence-corrected chi connectivity index (χ2v) is 9.95. The molecule has 0 radical (unpaired) electrons.